The lowest BCUT2D eigenvalue weighted by atomic mass is 10.2. The molecule has 4 rings (SSSR count). The molecule has 0 spiro atoms. The van der Waals surface area contributed by atoms with Gasteiger partial charge in [0.15, 0.2) is 12.7 Å². The van der Waals surface area contributed by atoms with Gasteiger partial charge in [0.05, 0.1) is 27.2 Å². The van der Waals surface area contributed by atoms with Crippen molar-refractivity contribution in [3.05, 3.63) is 71.8 Å². The summed E-state index contributed by atoms with van der Waals surface area (Å²) in [5.74, 6) is 0. The van der Waals surface area contributed by atoms with Crippen molar-refractivity contribution in [3.63, 3.8) is 0 Å². The lowest BCUT2D eigenvalue weighted by molar-refractivity contribution is -0.821. The van der Waals surface area contributed by atoms with Crippen LogP contribution in [-0.2, 0) is 23.5 Å². The summed E-state index contributed by atoms with van der Waals surface area (Å²) in [6.45, 7) is 6.34. The van der Waals surface area contributed by atoms with Gasteiger partial charge in [-0.2, -0.15) is 0 Å². The second kappa shape index (κ2) is 12.6. The SMILES string of the molecule is C.C[N+]1(Cc2ccccc2)C=NCC1.C[N+]1(Cc2ccccc2)C=NCC1.O=S(=O)([O-])[O-]. The number of nitrogens with zero attached hydrogens (tertiary/aromatic N) is 4. The van der Waals surface area contributed by atoms with Crippen molar-refractivity contribution in [2.45, 2.75) is 20.5 Å². The Hall–Kier alpha value is -2.43. The summed E-state index contributed by atoms with van der Waals surface area (Å²) < 4.78 is 36.0. The van der Waals surface area contributed by atoms with Crippen molar-refractivity contribution >= 4 is 23.1 Å². The fourth-order valence-corrected chi connectivity index (χ4v) is 3.44. The van der Waals surface area contributed by atoms with Crippen LogP contribution >= 0.6 is 0 Å². The van der Waals surface area contributed by atoms with Crippen molar-refractivity contribution < 1.29 is 26.5 Å². The molecule has 2 aliphatic rings. The van der Waals surface area contributed by atoms with Gasteiger partial charge in [0.25, 0.3) is 0 Å². The van der Waals surface area contributed by atoms with E-state index in [1.165, 1.54) is 11.1 Å². The van der Waals surface area contributed by atoms with Crippen LogP contribution in [0.25, 0.3) is 0 Å². The van der Waals surface area contributed by atoms with Gasteiger partial charge in [0, 0.05) is 21.5 Å². The summed E-state index contributed by atoms with van der Waals surface area (Å²) in [5, 5.41) is 0. The number of aliphatic imine (C=N–C) groups is 2. The first-order valence-corrected chi connectivity index (χ1v) is 11.4. The maximum atomic E-state index is 8.52. The van der Waals surface area contributed by atoms with Crippen LogP contribution in [-0.4, -0.2) is 79.4 Å². The molecule has 2 unspecified atom stereocenters. The number of quaternary nitrogens is 2. The van der Waals surface area contributed by atoms with Gasteiger partial charge in [0.1, 0.15) is 26.2 Å². The van der Waals surface area contributed by atoms with E-state index in [1.807, 2.05) is 0 Å². The molecule has 2 aromatic carbocycles. The molecule has 32 heavy (non-hydrogen) atoms. The second-order valence-electron chi connectivity index (χ2n) is 8.15. The summed E-state index contributed by atoms with van der Waals surface area (Å²) in [6, 6.07) is 21.2. The summed E-state index contributed by atoms with van der Waals surface area (Å²) in [4.78, 5) is 8.56. The lowest BCUT2D eigenvalue weighted by Gasteiger charge is -2.24. The predicted octanol–water partition coefficient (Wildman–Crippen LogP) is 2.65. The third-order valence-electron chi connectivity index (χ3n) is 4.97. The molecular formula is C23H34N4O4S. The molecule has 2 atom stereocenters. The van der Waals surface area contributed by atoms with Gasteiger partial charge in [-0.1, -0.05) is 68.1 Å². The Bertz CT molecular complexity index is 895. The van der Waals surface area contributed by atoms with Gasteiger partial charge < -0.3 is 9.11 Å². The zero-order valence-corrected chi connectivity index (χ0v) is 18.8. The van der Waals surface area contributed by atoms with Crippen molar-refractivity contribution in [2.75, 3.05) is 40.3 Å². The van der Waals surface area contributed by atoms with E-state index < -0.39 is 10.4 Å². The monoisotopic (exact) mass is 462 g/mol. The van der Waals surface area contributed by atoms with E-state index in [0.29, 0.717) is 0 Å². The first-order chi connectivity index (χ1) is 14.6. The highest BCUT2D eigenvalue weighted by Gasteiger charge is 2.24. The third-order valence-corrected chi connectivity index (χ3v) is 4.97. The minimum atomic E-state index is -5.17. The van der Waals surface area contributed by atoms with Crippen molar-refractivity contribution in [3.8, 4) is 0 Å². The van der Waals surface area contributed by atoms with Gasteiger partial charge >= 0.3 is 0 Å². The average molecular weight is 463 g/mol. The maximum Gasteiger partial charge on any atom is 0.185 e. The molecule has 0 radical (unpaired) electrons. The number of likely N-dealkylation sites (N-methyl/N-ethyl adjacent to an activating group) is 2. The molecule has 2 aliphatic heterocycles. The highest BCUT2D eigenvalue weighted by atomic mass is 32.3. The van der Waals surface area contributed by atoms with E-state index in [2.05, 4.69) is 97.4 Å². The second-order valence-corrected chi connectivity index (χ2v) is 8.96. The zero-order chi connectivity index (χ0) is 22.8. The van der Waals surface area contributed by atoms with Gasteiger partial charge in [0.2, 0.25) is 0 Å². The molecule has 0 bridgehead atoms. The van der Waals surface area contributed by atoms with E-state index in [-0.39, 0.29) is 7.43 Å². The maximum absolute atomic E-state index is 8.52. The zero-order valence-electron chi connectivity index (χ0n) is 18.0. The standard InChI is InChI=1S/2C11H15N2.CH4.H2O4S/c2*1-13(8-7-12-10-13)9-11-5-3-2-4-6-11;;1-5(2,3)4/h2*2-6,10H,7-9H2,1H3;1H4;(H2,1,2,3,4)/q2*+1;;/p-2. The molecule has 0 N–H and O–H groups in total. The Kier molecular flexibility index (Phi) is 10.8. The van der Waals surface area contributed by atoms with Crippen LogP contribution in [0.2, 0.25) is 0 Å². The Morgan fingerprint density at radius 2 is 1.06 bits per heavy atom. The number of hydrogen-bond donors (Lipinski definition) is 0. The van der Waals surface area contributed by atoms with Crippen LogP contribution < -0.4 is 0 Å². The third kappa shape index (κ3) is 11.3. The Balaban J connectivity index is 0.000000259. The molecule has 0 saturated carbocycles. The van der Waals surface area contributed by atoms with E-state index >= 15 is 0 Å². The van der Waals surface area contributed by atoms with Gasteiger partial charge in [-0.3, -0.25) is 17.4 Å². The summed E-state index contributed by atoms with van der Waals surface area (Å²) in [6.07, 6.45) is 4.12. The molecule has 9 heteroatoms. The topological polar surface area (TPSA) is 105 Å². The Morgan fingerprint density at radius 3 is 1.31 bits per heavy atom. The van der Waals surface area contributed by atoms with Gasteiger partial charge in [-0.05, 0) is 0 Å². The number of benzene rings is 2. The highest BCUT2D eigenvalue weighted by molar-refractivity contribution is 7.79. The van der Waals surface area contributed by atoms with E-state index in [4.69, 9.17) is 17.5 Å². The van der Waals surface area contributed by atoms with E-state index in [1.54, 1.807) is 0 Å². The van der Waals surface area contributed by atoms with E-state index in [9.17, 15) is 0 Å². The molecule has 0 amide bonds. The van der Waals surface area contributed by atoms with Crippen LogP contribution in [0.5, 0.6) is 0 Å². The lowest BCUT2D eigenvalue weighted by Crippen LogP contribution is -2.39. The smallest absolute Gasteiger partial charge is 0.185 e. The molecule has 0 aromatic heterocycles. The highest BCUT2D eigenvalue weighted by Crippen LogP contribution is 2.13. The predicted molar refractivity (Wildman–Crippen MR) is 126 cm³/mol. The fraction of sp³-hybridized carbons (Fsp3) is 0.391. The largest absolute Gasteiger partial charge is 0.759 e. The van der Waals surface area contributed by atoms with Crippen LogP contribution in [0.4, 0.5) is 0 Å². The average Bonchev–Trinajstić information content (AvgIpc) is 3.31. The molecule has 2 aromatic rings. The van der Waals surface area contributed by atoms with Gasteiger partial charge in [-0.15, -0.1) is 0 Å². The molecule has 176 valence electrons. The first kappa shape index (κ1) is 27.6. The summed E-state index contributed by atoms with van der Waals surface area (Å²) >= 11 is 0. The Morgan fingerprint density at radius 1 is 0.750 bits per heavy atom. The van der Waals surface area contributed by atoms with Crippen LogP contribution in [0.15, 0.2) is 70.6 Å². The molecule has 0 aliphatic carbocycles. The molecule has 0 fully saturated rings. The minimum absolute atomic E-state index is 0. The normalized spacial score (nSPS) is 23.4. The Labute approximate surface area is 192 Å². The fourth-order valence-electron chi connectivity index (χ4n) is 3.44. The quantitative estimate of drug-likeness (QED) is 0.396. The summed E-state index contributed by atoms with van der Waals surface area (Å²) in [7, 11) is -0.715. The molecule has 8 nitrogen and oxygen atoms in total. The number of rotatable bonds is 4. The summed E-state index contributed by atoms with van der Waals surface area (Å²) in [5.41, 5.74) is 2.77. The van der Waals surface area contributed by atoms with Crippen LogP contribution in [0, 0.1) is 0 Å². The molecule has 2 heterocycles. The molecular weight excluding hydrogens is 428 g/mol. The molecule has 0 saturated heterocycles. The van der Waals surface area contributed by atoms with Crippen molar-refractivity contribution in [2.24, 2.45) is 9.98 Å². The van der Waals surface area contributed by atoms with Gasteiger partial charge in [-0.25, -0.2) is 9.98 Å². The van der Waals surface area contributed by atoms with Crippen molar-refractivity contribution in [1.29, 1.82) is 0 Å². The van der Waals surface area contributed by atoms with Crippen LogP contribution in [0.1, 0.15) is 18.6 Å². The number of hydrogen-bond acceptors (Lipinski definition) is 6. The minimum Gasteiger partial charge on any atom is -0.759 e. The van der Waals surface area contributed by atoms with E-state index in [0.717, 1.165) is 48.2 Å². The van der Waals surface area contributed by atoms with Crippen LogP contribution in [0.3, 0.4) is 0 Å². The first-order valence-electron chi connectivity index (χ1n) is 10.0. The van der Waals surface area contributed by atoms with Crippen molar-refractivity contribution in [1.82, 2.24) is 0 Å².